The number of anilines is 1. The fraction of sp³-hybridized carbons (Fsp3) is 0.524. The second-order valence-corrected chi connectivity index (χ2v) is 8.99. The highest BCUT2D eigenvalue weighted by Gasteiger charge is 2.17. The van der Waals surface area contributed by atoms with Gasteiger partial charge in [-0.3, -0.25) is 0 Å². The van der Waals surface area contributed by atoms with Gasteiger partial charge in [0.1, 0.15) is 0 Å². The summed E-state index contributed by atoms with van der Waals surface area (Å²) in [6.45, 7) is 5.29. The summed E-state index contributed by atoms with van der Waals surface area (Å²) in [7, 11) is 0.386. The Hall–Kier alpha value is -1.63. The molecule has 0 heterocycles. The van der Waals surface area contributed by atoms with E-state index in [1.54, 1.807) is 12.1 Å². The Morgan fingerprint density at radius 3 is 2.33 bits per heavy atom. The lowest BCUT2D eigenvalue weighted by Crippen LogP contribution is -2.25. The second kappa shape index (κ2) is 10.1. The van der Waals surface area contributed by atoms with Crippen LogP contribution in [-0.2, 0) is 14.8 Å². The van der Waals surface area contributed by atoms with Crippen molar-refractivity contribution in [1.82, 2.24) is 4.72 Å². The molecule has 5 nitrogen and oxygen atoms in total. The molecule has 0 aromatic heterocycles. The number of unbranched alkanes of at least 4 members (excludes halogenated alkanes) is 3. The topological polar surface area (TPSA) is 58.6 Å². The third-order valence-corrected chi connectivity index (χ3v) is 5.96. The van der Waals surface area contributed by atoms with Crippen molar-refractivity contribution >= 4 is 26.5 Å². The molecule has 0 saturated carbocycles. The molecule has 0 unspecified atom stereocenters. The molecule has 2 rings (SSSR count). The van der Waals surface area contributed by atoms with Gasteiger partial charge in [-0.15, -0.1) is 0 Å². The number of hydrogen-bond acceptors (Lipinski definition) is 4. The van der Waals surface area contributed by atoms with E-state index in [0.717, 1.165) is 48.8 Å². The van der Waals surface area contributed by atoms with E-state index in [9.17, 15) is 8.42 Å². The van der Waals surface area contributed by atoms with Gasteiger partial charge in [-0.25, -0.2) is 13.1 Å². The zero-order valence-electron chi connectivity index (χ0n) is 16.9. The largest absolute Gasteiger partial charge is 0.379 e. The summed E-state index contributed by atoms with van der Waals surface area (Å²) >= 11 is 0. The summed E-state index contributed by atoms with van der Waals surface area (Å²) < 4.78 is 33.9. The van der Waals surface area contributed by atoms with E-state index in [1.807, 2.05) is 57.1 Å². The summed E-state index contributed by atoms with van der Waals surface area (Å²) in [5.74, 6) is 0. The zero-order valence-corrected chi connectivity index (χ0v) is 17.7. The van der Waals surface area contributed by atoms with E-state index in [4.69, 9.17) is 4.74 Å². The van der Waals surface area contributed by atoms with Crippen molar-refractivity contribution in [2.24, 2.45) is 0 Å². The van der Waals surface area contributed by atoms with Gasteiger partial charge in [0.15, 0.2) is 0 Å². The molecule has 0 amide bonds. The normalized spacial score (nSPS) is 12.0. The van der Waals surface area contributed by atoms with Crippen molar-refractivity contribution < 1.29 is 13.2 Å². The van der Waals surface area contributed by atoms with Crippen LogP contribution in [0.1, 0.15) is 39.5 Å². The van der Waals surface area contributed by atoms with Gasteiger partial charge in [0.05, 0.1) is 11.0 Å². The molecule has 2 aromatic carbocycles. The van der Waals surface area contributed by atoms with Crippen molar-refractivity contribution in [1.29, 1.82) is 0 Å². The number of nitrogens with one attached hydrogen (secondary N) is 1. The fourth-order valence-corrected chi connectivity index (χ4v) is 4.37. The fourth-order valence-electron chi connectivity index (χ4n) is 3.07. The summed E-state index contributed by atoms with van der Waals surface area (Å²) in [4.78, 5) is 2.34. The molecule has 27 heavy (non-hydrogen) atoms. The van der Waals surface area contributed by atoms with Crippen LogP contribution < -0.4 is 9.62 Å². The molecular weight excluding hydrogens is 360 g/mol. The van der Waals surface area contributed by atoms with Gasteiger partial charge in [0, 0.05) is 43.7 Å². The Bertz CT molecular complexity index is 832. The summed E-state index contributed by atoms with van der Waals surface area (Å²) in [6.07, 6.45) is 4.15. The van der Waals surface area contributed by atoms with E-state index in [-0.39, 0.29) is 6.10 Å². The minimum absolute atomic E-state index is 0.269. The smallest absolute Gasteiger partial charge is 0.241 e. The van der Waals surface area contributed by atoms with Gasteiger partial charge in [-0.05, 0) is 38.8 Å². The van der Waals surface area contributed by atoms with Crippen molar-refractivity contribution in [3.8, 4) is 0 Å². The van der Waals surface area contributed by atoms with Crippen LogP contribution in [0.2, 0.25) is 0 Å². The van der Waals surface area contributed by atoms with Gasteiger partial charge in [0.25, 0.3) is 0 Å². The van der Waals surface area contributed by atoms with Crippen molar-refractivity contribution in [2.45, 2.75) is 50.5 Å². The summed E-state index contributed by atoms with van der Waals surface area (Å²) in [5, 5.41) is 1.69. The Labute approximate surface area is 163 Å². The molecule has 0 atom stereocenters. The van der Waals surface area contributed by atoms with Crippen LogP contribution in [0, 0.1) is 0 Å². The van der Waals surface area contributed by atoms with Crippen LogP contribution in [0.3, 0.4) is 0 Å². The average molecular weight is 393 g/mol. The van der Waals surface area contributed by atoms with Crippen LogP contribution in [0.25, 0.3) is 10.8 Å². The molecule has 0 fully saturated rings. The molecule has 2 aromatic rings. The second-order valence-electron chi connectivity index (χ2n) is 7.25. The molecule has 0 aliphatic rings. The van der Waals surface area contributed by atoms with E-state index < -0.39 is 10.0 Å². The number of ether oxygens (including phenoxy) is 1. The molecule has 1 N–H and O–H groups in total. The van der Waals surface area contributed by atoms with E-state index in [2.05, 4.69) is 4.72 Å². The predicted molar refractivity (Wildman–Crippen MR) is 113 cm³/mol. The molecular formula is C21H32N2O3S. The van der Waals surface area contributed by atoms with Gasteiger partial charge in [-0.1, -0.05) is 37.1 Å². The lowest BCUT2D eigenvalue weighted by molar-refractivity contribution is 0.0757. The zero-order chi connectivity index (χ0) is 19.9. The Balaban J connectivity index is 1.96. The number of nitrogens with zero attached hydrogens (tertiary/aromatic N) is 1. The maximum absolute atomic E-state index is 12.8. The van der Waals surface area contributed by atoms with Crippen molar-refractivity contribution in [2.75, 3.05) is 32.1 Å². The van der Waals surface area contributed by atoms with Crippen LogP contribution in [0.5, 0.6) is 0 Å². The average Bonchev–Trinajstić information content (AvgIpc) is 2.62. The van der Waals surface area contributed by atoms with Crippen LogP contribution in [-0.4, -0.2) is 41.8 Å². The highest BCUT2D eigenvalue weighted by molar-refractivity contribution is 7.89. The van der Waals surface area contributed by atoms with Gasteiger partial charge >= 0.3 is 0 Å². The third kappa shape index (κ3) is 6.19. The number of hydrogen-bond donors (Lipinski definition) is 1. The maximum Gasteiger partial charge on any atom is 0.241 e. The molecule has 0 radical (unpaired) electrons. The van der Waals surface area contributed by atoms with E-state index in [1.165, 1.54) is 0 Å². The Morgan fingerprint density at radius 2 is 1.63 bits per heavy atom. The first kappa shape index (κ1) is 21.7. The lowest BCUT2D eigenvalue weighted by atomic mass is 10.1. The molecule has 0 saturated heterocycles. The first-order chi connectivity index (χ1) is 12.8. The first-order valence-corrected chi connectivity index (χ1v) is 11.1. The highest BCUT2D eigenvalue weighted by Crippen LogP contribution is 2.30. The number of rotatable bonds is 11. The SMILES string of the molecule is CC(C)OCCCCCCNS(=O)(=O)c1cccc2c(N(C)C)cccc12. The summed E-state index contributed by atoms with van der Waals surface area (Å²) in [5.41, 5.74) is 1.01. The van der Waals surface area contributed by atoms with Crippen LogP contribution in [0.15, 0.2) is 41.3 Å². The number of benzene rings is 2. The standard InChI is InChI=1S/C21H32N2O3S/c1-17(2)26-16-8-6-5-7-15-22-27(24,25)21-14-10-11-18-19(21)12-9-13-20(18)23(3)4/h9-14,17,22H,5-8,15-16H2,1-4H3. The molecule has 6 heteroatoms. The Morgan fingerprint density at radius 1 is 0.963 bits per heavy atom. The van der Waals surface area contributed by atoms with Gasteiger partial charge in [-0.2, -0.15) is 0 Å². The maximum atomic E-state index is 12.8. The van der Waals surface area contributed by atoms with Crippen LogP contribution >= 0.6 is 0 Å². The molecule has 0 aliphatic heterocycles. The van der Waals surface area contributed by atoms with Crippen molar-refractivity contribution in [3.05, 3.63) is 36.4 Å². The van der Waals surface area contributed by atoms with Gasteiger partial charge < -0.3 is 9.64 Å². The van der Waals surface area contributed by atoms with E-state index >= 15 is 0 Å². The minimum atomic E-state index is -3.53. The first-order valence-electron chi connectivity index (χ1n) is 9.63. The lowest BCUT2D eigenvalue weighted by Gasteiger charge is -2.17. The van der Waals surface area contributed by atoms with Crippen molar-refractivity contribution in [3.63, 3.8) is 0 Å². The number of sulfonamides is 1. The third-order valence-electron chi connectivity index (χ3n) is 4.44. The molecule has 0 aliphatic carbocycles. The van der Waals surface area contributed by atoms with Gasteiger partial charge in [0.2, 0.25) is 10.0 Å². The quantitative estimate of drug-likeness (QED) is 0.583. The predicted octanol–water partition coefficient (Wildman–Crippen LogP) is 4.17. The van der Waals surface area contributed by atoms with E-state index in [0.29, 0.717) is 11.4 Å². The molecule has 150 valence electrons. The summed E-state index contributed by atoms with van der Waals surface area (Å²) in [6, 6.07) is 11.2. The Kier molecular flexibility index (Phi) is 8.07. The van der Waals surface area contributed by atoms with Crippen LogP contribution in [0.4, 0.5) is 5.69 Å². The number of fused-ring (bicyclic) bond motifs is 1. The minimum Gasteiger partial charge on any atom is -0.379 e. The molecule has 0 spiro atoms. The molecule has 0 bridgehead atoms. The monoisotopic (exact) mass is 392 g/mol. The highest BCUT2D eigenvalue weighted by atomic mass is 32.2.